The molecular weight excluding hydrogens is 246 g/mol. The molecule has 0 unspecified atom stereocenters. The Morgan fingerprint density at radius 2 is 2.32 bits per heavy atom. The summed E-state index contributed by atoms with van der Waals surface area (Å²) in [5.74, 6) is 0.743. The first-order valence-corrected chi connectivity index (χ1v) is 6.54. The van der Waals surface area contributed by atoms with Gasteiger partial charge in [-0.3, -0.25) is 14.8 Å². The van der Waals surface area contributed by atoms with Crippen LogP contribution in [0.1, 0.15) is 25.0 Å². The van der Waals surface area contributed by atoms with Crippen molar-refractivity contribution in [2.45, 2.75) is 38.4 Å². The highest BCUT2D eigenvalue weighted by Crippen LogP contribution is 2.22. The summed E-state index contributed by atoms with van der Waals surface area (Å²) in [6.07, 6.45) is 1.43. The normalized spacial score (nSPS) is 24.2. The van der Waals surface area contributed by atoms with Crippen LogP contribution in [0.2, 0.25) is 0 Å². The highest BCUT2D eigenvalue weighted by molar-refractivity contribution is 5.74. The van der Waals surface area contributed by atoms with Crippen LogP contribution in [-0.4, -0.2) is 68.8 Å². The van der Waals surface area contributed by atoms with Crippen molar-refractivity contribution in [3.05, 3.63) is 11.6 Å². The van der Waals surface area contributed by atoms with Crippen molar-refractivity contribution in [3.63, 3.8) is 0 Å². The van der Waals surface area contributed by atoms with Crippen LogP contribution < -0.4 is 0 Å². The Morgan fingerprint density at radius 1 is 1.58 bits per heavy atom. The molecule has 1 aliphatic rings. The number of rotatable bonds is 5. The number of carbonyl (C=O) groups is 1. The second-order valence-corrected chi connectivity index (χ2v) is 5.19. The number of carboxylic acids is 1. The summed E-state index contributed by atoms with van der Waals surface area (Å²) in [4.78, 5) is 19.7. The van der Waals surface area contributed by atoms with Crippen LogP contribution >= 0.6 is 0 Å². The number of H-pyrrole nitrogens is 1. The van der Waals surface area contributed by atoms with Gasteiger partial charge in [-0.15, -0.1) is 0 Å². The van der Waals surface area contributed by atoms with E-state index < -0.39 is 12.0 Å². The third-order valence-corrected chi connectivity index (χ3v) is 3.64. The number of likely N-dealkylation sites (N-methyl/N-ethyl adjacent to an activating group) is 1. The standard InChI is InChI=1S/C12H21N5O2/c1-4-10-13-11(15-14-10)7-17-6-8(16(2)3)5-9(17)12(18)19/h8-9H,4-7H2,1-3H3,(H,18,19)(H,13,14,15)/t8-,9+/m1/s1. The van der Waals surface area contributed by atoms with Gasteiger partial charge in [0.1, 0.15) is 17.7 Å². The predicted octanol–water partition coefficient (Wildman–Crippen LogP) is -0.0438. The molecule has 0 spiro atoms. The molecule has 0 saturated carbocycles. The Kier molecular flexibility index (Phi) is 4.16. The van der Waals surface area contributed by atoms with Crippen LogP contribution in [-0.2, 0) is 17.8 Å². The van der Waals surface area contributed by atoms with E-state index in [0.717, 1.165) is 24.6 Å². The summed E-state index contributed by atoms with van der Waals surface area (Å²) in [6, 6.07) is -0.169. The van der Waals surface area contributed by atoms with Gasteiger partial charge in [0, 0.05) is 19.0 Å². The van der Waals surface area contributed by atoms with E-state index in [1.165, 1.54) is 0 Å². The highest BCUT2D eigenvalue weighted by Gasteiger charge is 2.37. The van der Waals surface area contributed by atoms with Gasteiger partial charge in [-0.25, -0.2) is 4.98 Å². The minimum absolute atomic E-state index is 0.273. The van der Waals surface area contributed by atoms with Crippen molar-refractivity contribution >= 4 is 5.97 Å². The lowest BCUT2D eigenvalue weighted by Crippen LogP contribution is -2.36. The van der Waals surface area contributed by atoms with Crippen LogP contribution in [0.4, 0.5) is 0 Å². The molecule has 1 aliphatic heterocycles. The fourth-order valence-electron chi connectivity index (χ4n) is 2.44. The molecule has 1 aromatic rings. The average molecular weight is 267 g/mol. The quantitative estimate of drug-likeness (QED) is 0.778. The zero-order chi connectivity index (χ0) is 14.0. The molecule has 0 amide bonds. The maximum Gasteiger partial charge on any atom is 0.320 e. The molecule has 2 atom stereocenters. The second kappa shape index (κ2) is 5.66. The molecule has 0 radical (unpaired) electrons. The monoisotopic (exact) mass is 267 g/mol. The maximum atomic E-state index is 11.3. The number of likely N-dealkylation sites (tertiary alicyclic amines) is 1. The van der Waals surface area contributed by atoms with Crippen LogP contribution in [0.15, 0.2) is 0 Å². The first-order valence-electron chi connectivity index (χ1n) is 6.54. The Bertz CT molecular complexity index is 445. The van der Waals surface area contributed by atoms with Crippen LogP contribution in [0.3, 0.4) is 0 Å². The fraction of sp³-hybridized carbons (Fsp3) is 0.750. The van der Waals surface area contributed by atoms with E-state index in [1.807, 2.05) is 25.9 Å². The topological polar surface area (TPSA) is 85.4 Å². The molecule has 1 aromatic heterocycles. The minimum atomic E-state index is -0.764. The number of nitrogens with one attached hydrogen (secondary N) is 1. The van der Waals surface area contributed by atoms with Gasteiger partial charge in [0.25, 0.3) is 0 Å². The lowest BCUT2D eigenvalue weighted by molar-refractivity contribution is -0.142. The smallest absolute Gasteiger partial charge is 0.320 e. The van der Waals surface area contributed by atoms with E-state index in [2.05, 4.69) is 20.1 Å². The van der Waals surface area contributed by atoms with E-state index in [1.54, 1.807) is 0 Å². The highest BCUT2D eigenvalue weighted by atomic mass is 16.4. The molecule has 0 aromatic carbocycles. The number of aliphatic carboxylic acids is 1. The van der Waals surface area contributed by atoms with Crippen molar-refractivity contribution in [2.24, 2.45) is 0 Å². The van der Waals surface area contributed by atoms with Crippen molar-refractivity contribution in [1.82, 2.24) is 25.0 Å². The van der Waals surface area contributed by atoms with E-state index in [0.29, 0.717) is 13.0 Å². The van der Waals surface area contributed by atoms with Gasteiger partial charge < -0.3 is 10.0 Å². The average Bonchev–Trinajstić information content (AvgIpc) is 2.96. The van der Waals surface area contributed by atoms with E-state index in [-0.39, 0.29) is 6.04 Å². The molecule has 7 heteroatoms. The van der Waals surface area contributed by atoms with Crippen molar-refractivity contribution in [3.8, 4) is 0 Å². The Hall–Kier alpha value is -1.47. The van der Waals surface area contributed by atoms with E-state index >= 15 is 0 Å². The van der Waals surface area contributed by atoms with Crippen molar-refractivity contribution in [1.29, 1.82) is 0 Å². The zero-order valence-corrected chi connectivity index (χ0v) is 11.6. The minimum Gasteiger partial charge on any atom is -0.480 e. The third-order valence-electron chi connectivity index (χ3n) is 3.64. The van der Waals surface area contributed by atoms with Crippen LogP contribution in [0.5, 0.6) is 0 Å². The molecule has 106 valence electrons. The number of aryl methyl sites for hydroxylation is 1. The first-order chi connectivity index (χ1) is 9.01. The molecule has 2 rings (SSSR count). The molecule has 19 heavy (non-hydrogen) atoms. The summed E-state index contributed by atoms with van der Waals surface area (Å²) >= 11 is 0. The molecule has 1 saturated heterocycles. The van der Waals surface area contributed by atoms with E-state index in [9.17, 15) is 9.90 Å². The maximum absolute atomic E-state index is 11.3. The Morgan fingerprint density at radius 3 is 2.84 bits per heavy atom. The van der Waals surface area contributed by atoms with Gasteiger partial charge in [-0.2, -0.15) is 5.10 Å². The summed E-state index contributed by atoms with van der Waals surface area (Å²) in [5, 5.41) is 16.3. The molecule has 7 nitrogen and oxygen atoms in total. The van der Waals surface area contributed by atoms with Crippen LogP contribution in [0, 0.1) is 0 Å². The van der Waals surface area contributed by atoms with Crippen LogP contribution in [0.25, 0.3) is 0 Å². The Balaban J connectivity index is 2.06. The fourth-order valence-corrected chi connectivity index (χ4v) is 2.44. The SMILES string of the molecule is CCc1n[nH]c(CN2C[C@H](N(C)C)C[C@H]2C(=O)O)n1. The van der Waals surface area contributed by atoms with Gasteiger partial charge in [0.05, 0.1) is 6.54 Å². The molecule has 2 heterocycles. The largest absolute Gasteiger partial charge is 0.480 e. The zero-order valence-electron chi connectivity index (χ0n) is 11.6. The number of hydrogen-bond donors (Lipinski definition) is 2. The Labute approximate surface area is 112 Å². The lowest BCUT2D eigenvalue weighted by Gasteiger charge is -2.20. The number of aromatic nitrogens is 3. The van der Waals surface area contributed by atoms with Gasteiger partial charge >= 0.3 is 5.97 Å². The summed E-state index contributed by atoms with van der Waals surface area (Å²) in [7, 11) is 3.97. The van der Waals surface area contributed by atoms with Crippen molar-refractivity contribution < 1.29 is 9.90 Å². The molecule has 0 bridgehead atoms. The second-order valence-electron chi connectivity index (χ2n) is 5.19. The first kappa shape index (κ1) is 14.0. The predicted molar refractivity (Wildman–Crippen MR) is 69.7 cm³/mol. The molecule has 1 fully saturated rings. The molecular formula is C12H21N5O2. The third kappa shape index (κ3) is 3.10. The van der Waals surface area contributed by atoms with Gasteiger partial charge in [0.2, 0.25) is 0 Å². The summed E-state index contributed by atoms with van der Waals surface area (Å²) in [6.45, 7) is 3.24. The van der Waals surface area contributed by atoms with E-state index in [4.69, 9.17) is 0 Å². The van der Waals surface area contributed by atoms with Crippen molar-refractivity contribution in [2.75, 3.05) is 20.6 Å². The lowest BCUT2D eigenvalue weighted by atomic mass is 10.1. The van der Waals surface area contributed by atoms with Gasteiger partial charge in [-0.1, -0.05) is 6.92 Å². The van der Waals surface area contributed by atoms with Gasteiger partial charge in [0.15, 0.2) is 0 Å². The molecule has 2 N–H and O–H groups in total. The molecule has 0 aliphatic carbocycles. The number of nitrogens with zero attached hydrogens (tertiary/aromatic N) is 4. The number of aromatic amines is 1. The van der Waals surface area contributed by atoms with Gasteiger partial charge in [-0.05, 0) is 20.5 Å². The number of carboxylic acid groups (broad SMARTS) is 1. The summed E-state index contributed by atoms with van der Waals surface area (Å²) in [5.41, 5.74) is 0. The number of hydrogen-bond acceptors (Lipinski definition) is 5. The summed E-state index contributed by atoms with van der Waals surface area (Å²) < 4.78 is 0.